The minimum atomic E-state index is -0.497. The molecule has 0 aliphatic rings. The average molecular weight is 329 g/mol. The molecule has 106 valence electrons. The van der Waals surface area contributed by atoms with E-state index in [0.717, 1.165) is 4.90 Å². The third-order valence-electron chi connectivity index (χ3n) is 2.51. The summed E-state index contributed by atoms with van der Waals surface area (Å²) in [7, 11) is 0. The van der Waals surface area contributed by atoms with Gasteiger partial charge in [0.1, 0.15) is 5.82 Å². The zero-order valence-electron chi connectivity index (χ0n) is 10.6. The molecule has 1 N–H and O–H groups in total. The molecule has 2 aromatic carbocycles. The molecule has 0 spiro atoms. The van der Waals surface area contributed by atoms with Gasteiger partial charge < -0.3 is 5.11 Å². The Balaban J connectivity index is 1.78. The lowest BCUT2D eigenvalue weighted by atomic mass is 10.3. The molecule has 0 aromatic heterocycles. The minimum absolute atomic E-state index is 0.243. The molecule has 1 unspecified atom stereocenters. The van der Waals surface area contributed by atoms with Gasteiger partial charge in [-0.15, -0.1) is 23.5 Å². The zero-order valence-corrected chi connectivity index (χ0v) is 13.0. The van der Waals surface area contributed by atoms with Crippen molar-refractivity contribution in [3.8, 4) is 0 Å². The molecule has 0 radical (unpaired) electrons. The van der Waals surface area contributed by atoms with Crippen LogP contribution in [0, 0.1) is 5.82 Å². The van der Waals surface area contributed by atoms with Gasteiger partial charge in [-0.1, -0.05) is 29.8 Å². The van der Waals surface area contributed by atoms with Crippen LogP contribution in [-0.2, 0) is 0 Å². The molecule has 0 amide bonds. The molecular weight excluding hydrogens is 315 g/mol. The maximum absolute atomic E-state index is 13.4. The van der Waals surface area contributed by atoms with Crippen molar-refractivity contribution in [2.75, 3.05) is 11.5 Å². The van der Waals surface area contributed by atoms with E-state index in [2.05, 4.69) is 0 Å². The van der Waals surface area contributed by atoms with Crippen LogP contribution in [0.1, 0.15) is 0 Å². The first-order valence-corrected chi connectivity index (χ1v) is 8.44. The molecule has 0 saturated carbocycles. The van der Waals surface area contributed by atoms with E-state index < -0.39 is 6.10 Å². The number of thioether (sulfide) groups is 2. The van der Waals surface area contributed by atoms with Gasteiger partial charge in [0.25, 0.3) is 0 Å². The van der Waals surface area contributed by atoms with Crippen molar-refractivity contribution in [1.82, 2.24) is 0 Å². The van der Waals surface area contributed by atoms with Gasteiger partial charge in [0.15, 0.2) is 0 Å². The van der Waals surface area contributed by atoms with Gasteiger partial charge >= 0.3 is 0 Å². The number of hydrogen-bond donors (Lipinski definition) is 1. The molecule has 0 fully saturated rings. The van der Waals surface area contributed by atoms with Gasteiger partial charge in [0, 0.05) is 26.3 Å². The standard InChI is InChI=1S/C15H14ClFOS2/c16-11-4-3-5-13(8-11)19-9-12(18)10-20-15-7-2-1-6-14(15)17/h1-8,12,18H,9-10H2. The molecule has 20 heavy (non-hydrogen) atoms. The summed E-state index contributed by atoms with van der Waals surface area (Å²) < 4.78 is 13.4. The van der Waals surface area contributed by atoms with Gasteiger partial charge in [-0.25, -0.2) is 4.39 Å². The van der Waals surface area contributed by atoms with Crippen LogP contribution in [0.2, 0.25) is 5.02 Å². The highest BCUT2D eigenvalue weighted by molar-refractivity contribution is 8.00. The van der Waals surface area contributed by atoms with Crippen LogP contribution in [0.5, 0.6) is 0 Å². The Hall–Kier alpha value is -0.680. The summed E-state index contributed by atoms with van der Waals surface area (Å²) in [6, 6.07) is 14.1. The molecule has 0 aliphatic carbocycles. The lowest BCUT2D eigenvalue weighted by Crippen LogP contribution is -2.13. The molecule has 0 bridgehead atoms. The Bertz CT molecular complexity index is 565. The molecule has 0 heterocycles. The molecule has 2 aromatic rings. The van der Waals surface area contributed by atoms with Crippen LogP contribution in [0.4, 0.5) is 4.39 Å². The van der Waals surface area contributed by atoms with Crippen LogP contribution < -0.4 is 0 Å². The quantitative estimate of drug-likeness (QED) is 0.774. The Morgan fingerprint density at radius 3 is 2.55 bits per heavy atom. The minimum Gasteiger partial charge on any atom is -0.391 e. The number of rotatable bonds is 6. The Labute approximate surface area is 131 Å². The van der Waals surface area contributed by atoms with E-state index in [1.807, 2.05) is 24.3 Å². The van der Waals surface area contributed by atoms with E-state index in [9.17, 15) is 9.50 Å². The smallest absolute Gasteiger partial charge is 0.136 e. The Morgan fingerprint density at radius 1 is 1.05 bits per heavy atom. The summed E-state index contributed by atoms with van der Waals surface area (Å²) in [5.74, 6) is 0.781. The summed E-state index contributed by atoms with van der Waals surface area (Å²) in [6.45, 7) is 0. The van der Waals surface area contributed by atoms with Gasteiger partial charge in [-0.3, -0.25) is 0 Å². The van der Waals surface area contributed by atoms with Crippen LogP contribution >= 0.6 is 35.1 Å². The fourth-order valence-electron chi connectivity index (χ4n) is 1.55. The van der Waals surface area contributed by atoms with Gasteiger partial charge in [0.05, 0.1) is 6.10 Å². The van der Waals surface area contributed by atoms with Gasteiger partial charge in [0.2, 0.25) is 0 Å². The lowest BCUT2D eigenvalue weighted by Gasteiger charge is -2.10. The first-order chi connectivity index (χ1) is 9.65. The van der Waals surface area contributed by atoms with Crippen molar-refractivity contribution < 1.29 is 9.50 Å². The second-order valence-corrected chi connectivity index (χ2v) is 6.76. The average Bonchev–Trinajstić information content (AvgIpc) is 2.44. The number of benzene rings is 2. The summed E-state index contributed by atoms with van der Waals surface area (Å²) in [6.07, 6.45) is -0.497. The fraction of sp³-hybridized carbons (Fsp3) is 0.200. The molecule has 1 nitrogen and oxygen atoms in total. The van der Waals surface area contributed by atoms with Crippen LogP contribution in [-0.4, -0.2) is 22.7 Å². The third kappa shape index (κ3) is 5.02. The predicted octanol–water partition coefficient (Wildman–Crippen LogP) is 4.72. The first kappa shape index (κ1) is 15.7. The van der Waals surface area contributed by atoms with E-state index in [1.54, 1.807) is 30.0 Å². The molecule has 5 heteroatoms. The number of hydrogen-bond acceptors (Lipinski definition) is 3. The molecule has 1 atom stereocenters. The van der Waals surface area contributed by atoms with E-state index in [-0.39, 0.29) is 5.82 Å². The van der Waals surface area contributed by atoms with Crippen molar-refractivity contribution in [2.24, 2.45) is 0 Å². The highest BCUT2D eigenvalue weighted by Gasteiger charge is 2.08. The second kappa shape index (κ2) is 7.93. The molecule has 0 aliphatic heterocycles. The summed E-state index contributed by atoms with van der Waals surface area (Å²) >= 11 is 8.77. The lowest BCUT2D eigenvalue weighted by molar-refractivity contribution is 0.225. The van der Waals surface area contributed by atoms with Crippen molar-refractivity contribution in [3.63, 3.8) is 0 Å². The number of halogens is 2. The first-order valence-electron chi connectivity index (χ1n) is 6.09. The summed E-state index contributed by atoms with van der Waals surface area (Å²) in [4.78, 5) is 1.59. The normalized spacial score (nSPS) is 12.3. The van der Waals surface area contributed by atoms with E-state index in [1.165, 1.54) is 17.8 Å². The van der Waals surface area contributed by atoms with Gasteiger partial charge in [-0.05, 0) is 30.3 Å². The molecular formula is C15H14ClFOS2. The predicted molar refractivity (Wildman–Crippen MR) is 85.3 cm³/mol. The zero-order chi connectivity index (χ0) is 14.4. The van der Waals surface area contributed by atoms with Crippen molar-refractivity contribution in [2.45, 2.75) is 15.9 Å². The highest BCUT2D eigenvalue weighted by atomic mass is 35.5. The van der Waals surface area contributed by atoms with Crippen molar-refractivity contribution in [3.05, 3.63) is 59.4 Å². The topological polar surface area (TPSA) is 20.2 Å². The molecule has 2 rings (SSSR count). The molecule has 0 saturated heterocycles. The maximum Gasteiger partial charge on any atom is 0.136 e. The Morgan fingerprint density at radius 2 is 1.80 bits per heavy atom. The van der Waals surface area contributed by atoms with E-state index in [4.69, 9.17) is 11.6 Å². The van der Waals surface area contributed by atoms with Crippen molar-refractivity contribution >= 4 is 35.1 Å². The monoisotopic (exact) mass is 328 g/mol. The fourth-order valence-corrected chi connectivity index (χ4v) is 3.71. The van der Waals surface area contributed by atoms with Gasteiger partial charge in [-0.2, -0.15) is 0 Å². The maximum atomic E-state index is 13.4. The third-order valence-corrected chi connectivity index (χ3v) is 5.07. The van der Waals surface area contributed by atoms with Crippen molar-refractivity contribution in [1.29, 1.82) is 0 Å². The van der Waals surface area contributed by atoms with E-state index >= 15 is 0 Å². The number of aliphatic hydroxyl groups excluding tert-OH is 1. The summed E-state index contributed by atoms with van der Waals surface area (Å²) in [5, 5.41) is 10.6. The highest BCUT2D eigenvalue weighted by Crippen LogP contribution is 2.25. The van der Waals surface area contributed by atoms with Crippen LogP contribution in [0.15, 0.2) is 58.3 Å². The summed E-state index contributed by atoms with van der Waals surface area (Å²) in [5.41, 5.74) is 0. The Kier molecular flexibility index (Phi) is 6.23. The number of aliphatic hydroxyl groups is 1. The van der Waals surface area contributed by atoms with E-state index in [0.29, 0.717) is 21.4 Å². The van der Waals surface area contributed by atoms with Crippen LogP contribution in [0.25, 0.3) is 0 Å². The SMILES string of the molecule is OC(CSc1cccc(Cl)c1)CSc1ccccc1F. The largest absolute Gasteiger partial charge is 0.391 e. The second-order valence-electron chi connectivity index (χ2n) is 4.16. The van der Waals surface area contributed by atoms with Crippen LogP contribution in [0.3, 0.4) is 0 Å².